The van der Waals surface area contributed by atoms with Crippen LogP contribution in [0.5, 0.6) is 0 Å². The van der Waals surface area contributed by atoms with Crippen molar-refractivity contribution in [2.75, 3.05) is 26.4 Å². The summed E-state index contributed by atoms with van der Waals surface area (Å²) in [6.07, 6.45) is 41.8. The van der Waals surface area contributed by atoms with E-state index in [4.69, 9.17) is 23.8 Å². The van der Waals surface area contributed by atoms with Gasteiger partial charge in [0.05, 0.1) is 25.9 Å². The normalized spacial score (nSPS) is 15.5. The molecule has 0 aromatic rings. The van der Waals surface area contributed by atoms with Gasteiger partial charge in [0.2, 0.25) is 0 Å². The minimum atomic E-state index is -4.88. The highest BCUT2D eigenvalue weighted by molar-refractivity contribution is 7.47. The number of phosphoric acid groups is 2. The molecule has 2 unspecified atom stereocenters. The maximum absolute atomic E-state index is 12.6. The van der Waals surface area contributed by atoms with Crippen molar-refractivity contribution < 1.29 is 66.7 Å². The van der Waals surface area contributed by atoms with Crippen LogP contribution in [0.15, 0.2) is 97.2 Å². The molecule has 16 heteroatoms. The first kappa shape index (κ1) is 57.0. The SMILES string of the molecule is CC/C=C\C/C=C\C/C=C\CCCCCCCC(=O)OC[C@H](COP(=O)(O)OC[C@@H](O)COP(=O)(O)O)OC(=O)CCC/C=C\C/C=C\C/C=C\C=C\CC(O)/C=C\CC. The fourth-order valence-corrected chi connectivity index (χ4v) is 6.04. The van der Waals surface area contributed by atoms with E-state index in [1.165, 1.54) is 0 Å². The smallest absolute Gasteiger partial charge is 0.462 e. The fourth-order valence-electron chi connectivity index (χ4n) is 4.89. The molecule has 0 spiro atoms. The number of esters is 2. The lowest BCUT2D eigenvalue weighted by Gasteiger charge is -2.20. The maximum Gasteiger partial charge on any atom is 0.472 e. The first-order valence-corrected chi connectivity index (χ1v) is 24.1. The maximum atomic E-state index is 12.6. The molecular formula is C44H72O14P2. The zero-order valence-corrected chi connectivity index (χ0v) is 37.4. The summed E-state index contributed by atoms with van der Waals surface area (Å²) in [5, 5.41) is 19.5. The lowest BCUT2D eigenvalue weighted by molar-refractivity contribution is -0.161. The van der Waals surface area contributed by atoms with Gasteiger partial charge in [0.1, 0.15) is 12.7 Å². The number of ether oxygens (including phenoxy) is 2. The molecule has 342 valence electrons. The molecular weight excluding hydrogens is 814 g/mol. The van der Waals surface area contributed by atoms with Crippen molar-refractivity contribution in [3.8, 4) is 0 Å². The number of hydrogen-bond acceptors (Lipinski definition) is 11. The van der Waals surface area contributed by atoms with Gasteiger partial charge in [-0.3, -0.25) is 23.2 Å². The number of phosphoric ester groups is 2. The van der Waals surface area contributed by atoms with Gasteiger partial charge in [-0.1, -0.05) is 130 Å². The summed E-state index contributed by atoms with van der Waals surface area (Å²) in [5.74, 6) is -1.15. The molecule has 14 nitrogen and oxygen atoms in total. The van der Waals surface area contributed by atoms with Crippen molar-refractivity contribution in [3.63, 3.8) is 0 Å². The van der Waals surface area contributed by atoms with E-state index >= 15 is 0 Å². The minimum absolute atomic E-state index is 0.0255. The zero-order chi connectivity index (χ0) is 44.6. The third-order valence-corrected chi connectivity index (χ3v) is 9.47. The fraction of sp³-hybridized carbons (Fsp3) is 0.591. The van der Waals surface area contributed by atoms with E-state index in [0.717, 1.165) is 70.6 Å². The number of unbranched alkanes of at least 4 members (excludes halogenated alkanes) is 6. The number of rotatable bonds is 38. The van der Waals surface area contributed by atoms with Crippen LogP contribution in [0.1, 0.15) is 123 Å². The molecule has 0 aliphatic rings. The topological polar surface area (TPSA) is 216 Å². The van der Waals surface area contributed by atoms with Gasteiger partial charge >= 0.3 is 27.6 Å². The average molecular weight is 887 g/mol. The van der Waals surface area contributed by atoms with Crippen molar-refractivity contribution >= 4 is 27.6 Å². The van der Waals surface area contributed by atoms with E-state index in [2.05, 4.69) is 52.4 Å². The Morgan fingerprint density at radius 3 is 1.72 bits per heavy atom. The Labute approximate surface area is 358 Å². The molecule has 0 radical (unpaired) electrons. The highest BCUT2D eigenvalue weighted by atomic mass is 31.2. The molecule has 0 aliphatic heterocycles. The standard InChI is InChI=1S/C44H72O14P2/c1-3-5-7-8-9-10-11-12-13-14-18-21-24-27-30-34-43(47)54-38-42(39-57-60(52,53)56-37-41(46)36-55-59(49,50)51)58-44(48)35-31-28-25-22-19-16-15-17-20-23-26-29-33-40(45)32-6-4-2/h5-7,9-10,12-13,15-16,20,22-23,25-26,29,32,40-42,45-46H,3-4,8,11,14,17-19,21,24,27-28,30-31,33-39H2,1-2H3,(H,52,53)(H2,49,50,51)/b7-5-,10-9-,13-12-,16-15-,23-20-,25-22-,29-26+,32-6-/t40?,41-,42+/m0/s1. The number of hydrogen-bond donors (Lipinski definition) is 5. The number of allylic oxidation sites excluding steroid dienone is 14. The zero-order valence-electron chi connectivity index (χ0n) is 35.6. The molecule has 0 aliphatic carbocycles. The van der Waals surface area contributed by atoms with E-state index in [1.807, 2.05) is 61.6 Å². The minimum Gasteiger partial charge on any atom is -0.462 e. The van der Waals surface area contributed by atoms with Crippen LogP contribution in [-0.2, 0) is 41.8 Å². The van der Waals surface area contributed by atoms with E-state index in [9.17, 15) is 33.8 Å². The van der Waals surface area contributed by atoms with Crippen LogP contribution in [0.4, 0.5) is 0 Å². The van der Waals surface area contributed by atoms with Crippen molar-refractivity contribution in [2.45, 2.75) is 141 Å². The van der Waals surface area contributed by atoms with Gasteiger partial charge in [-0.25, -0.2) is 9.13 Å². The molecule has 0 bridgehead atoms. The van der Waals surface area contributed by atoms with Gasteiger partial charge in [-0.2, -0.15) is 0 Å². The molecule has 0 saturated carbocycles. The molecule has 0 heterocycles. The van der Waals surface area contributed by atoms with Crippen LogP contribution in [-0.4, -0.2) is 81.6 Å². The van der Waals surface area contributed by atoms with Gasteiger partial charge in [0, 0.05) is 12.8 Å². The van der Waals surface area contributed by atoms with Crippen molar-refractivity contribution in [1.29, 1.82) is 0 Å². The van der Waals surface area contributed by atoms with Crippen LogP contribution in [0.25, 0.3) is 0 Å². The molecule has 0 fully saturated rings. The Bertz CT molecular complexity index is 1440. The summed E-state index contributed by atoms with van der Waals surface area (Å²) >= 11 is 0. The lowest BCUT2D eigenvalue weighted by atomic mass is 10.1. The predicted molar refractivity (Wildman–Crippen MR) is 236 cm³/mol. The van der Waals surface area contributed by atoms with Crippen LogP contribution in [0, 0.1) is 0 Å². The second kappa shape index (κ2) is 38.9. The second-order valence-electron chi connectivity index (χ2n) is 13.7. The Morgan fingerprint density at radius 2 is 1.07 bits per heavy atom. The summed E-state index contributed by atoms with van der Waals surface area (Å²) in [7, 11) is -9.72. The first-order chi connectivity index (χ1) is 28.8. The Kier molecular flexibility index (Phi) is 36.9. The average Bonchev–Trinajstić information content (AvgIpc) is 3.20. The Morgan fingerprint density at radius 1 is 0.550 bits per heavy atom. The third-order valence-electron chi connectivity index (χ3n) is 8.03. The molecule has 60 heavy (non-hydrogen) atoms. The predicted octanol–water partition coefficient (Wildman–Crippen LogP) is 9.53. The van der Waals surface area contributed by atoms with Gasteiger partial charge in [0.25, 0.3) is 0 Å². The Balaban J connectivity index is 4.71. The Hall–Kier alpha value is -3.00. The molecule has 0 amide bonds. The van der Waals surface area contributed by atoms with E-state index in [-0.39, 0.29) is 12.8 Å². The summed E-state index contributed by atoms with van der Waals surface area (Å²) in [5.41, 5.74) is 0. The lowest BCUT2D eigenvalue weighted by Crippen LogP contribution is -2.29. The summed E-state index contributed by atoms with van der Waals surface area (Å²) in [4.78, 5) is 52.6. The molecule has 0 rings (SSSR count). The summed E-state index contributed by atoms with van der Waals surface area (Å²) < 4.78 is 47.6. The van der Waals surface area contributed by atoms with Crippen molar-refractivity contribution in [2.24, 2.45) is 0 Å². The summed E-state index contributed by atoms with van der Waals surface area (Å²) in [6.45, 7) is 1.29. The largest absolute Gasteiger partial charge is 0.472 e. The van der Waals surface area contributed by atoms with Crippen molar-refractivity contribution in [1.82, 2.24) is 0 Å². The molecule has 0 saturated heterocycles. The highest BCUT2D eigenvalue weighted by Crippen LogP contribution is 2.43. The molecule has 0 aromatic carbocycles. The molecule has 5 N–H and O–H groups in total. The third kappa shape index (κ3) is 41.7. The summed E-state index contributed by atoms with van der Waals surface area (Å²) in [6, 6.07) is 0. The van der Waals surface area contributed by atoms with E-state index in [0.29, 0.717) is 25.7 Å². The number of carbonyl (C=O) groups excluding carboxylic acids is 2. The molecule has 0 aromatic heterocycles. The molecule has 4 atom stereocenters. The second-order valence-corrected chi connectivity index (χ2v) is 16.4. The van der Waals surface area contributed by atoms with Gasteiger partial charge in [-0.05, 0) is 77.0 Å². The van der Waals surface area contributed by atoms with E-state index in [1.54, 1.807) is 6.08 Å². The van der Waals surface area contributed by atoms with Gasteiger partial charge in [-0.15, -0.1) is 0 Å². The number of aliphatic hydroxyl groups is 2. The van der Waals surface area contributed by atoms with Crippen LogP contribution in [0.2, 0.25) is 0 Å². The van der Waals surface area contributed by atoms with Gasteiger partial charge in [0.15, 0.2) is 6.10 Å². The monoisotopic (exact) mass is 886 g/mol. The van der Waals surface area contributed by atoms with Crippen LogP contribution < -0.4 is 0 Å². The quantitative estimate of drug-likeness (QED) is 0.0128. The number of aliphatic hydroxyl groups excluding tert-OH is 2. The number of carbonyl (C=O) groups is 2. The van der Waals surface area contributed by atoms with Crippen molar-refractivity contribution in [3.05, 3.63) is 97.2 Å². The van der Waals surface area contributed by atoms with Gasteiger partial charge < -0.3 is 34.4 Å². The van der Waals surface area contributed by atoms with Crippen LogP contribution in [0.3, 0.4) is 0 Å². The first-order valence-electron chi connectivity index (χ1n) is 21.0. The highest BCUT2D eigenvalue weighted by Gasteiger charge is 2.28. The van der Waals surface area contributed by atoms with Crippen LogP contribution >= 0.6 is 15.6 Å². The van der Waals surface area contributed by atoms with E-state index < -0.39 is 72.3 Å².